The second-order valence-electron chi connectivity index (χ2n) is 5.21. The van der Waals surface area contributed by atoms with Gasteiger partial charge >= 0.3 is 0 Å². The van der Waals surface area contributed by atoms with Crippen molar-refractivity contribution < 1.29 is 4.39 Å². The number of likely N-dealkylation sites (N-methyl/N-ethyl adjacent to an activating group) is 1. The molecule has 0 aliphatic rings. The zero-order valence-electron chi connectivity index (χ0n) is 11.4. The van der Waals surface area contributed by atoms with Gasteiger partial charge in [0.15, 0.2) is 0 Å². The average molecular weight is 238 g/mol. The summed E-state index contributed by atoms with van der Waals surface area (Å²) in [5.74, 6) is -0.0748. The maximum absolute atomic E-state index is 14.0. The molecule has 96 valence electrons. The van der Waals surface area contributed by atoms with Gasteiger partial charge in [-0.3, -0.25) is 0 Å². The summed E-state index contributed by atoms with van der Waals surface area (Å²) in [6.45, 7) is 6.10. The van der Waals surface area contributed by atoms with E-state index in [-0.39, 0.29) is 17.8 Å². The van der Waals surface area contributed by atoms with Crippen LogP contribution in [0, 0.1) is 11.7 Å². The Labute approximate surface area is 104 Å². The molecule has 0 saturated carbocycles. The molecule has 17 heavy (non-hydrogen) atoms. The van der Waals surface area contributed by atoms with Gasteiger partial charge in [-0.1, -0.05) is 32.0 Å². The first kappa shape index (κ1) is 14.1. The summed E-state index contributed by atoms with van der Waals surface area (Å²) in [4.78, 5) is 2.03. The highest BCUT2D eigenvalue weighted by Gasteiger charge is 2.39. The van der Waals surface area contributed by atoms with Gasteiger partial charge in [0.2, 0.25) is 0 Å². The van der Waals surface area contributed by atoms with Gasteiger partial charge in [0.1, 0.15) is 5.82 Å². The van der Waals surface area contributed by atoms with E-state index in [0.717, 1.165) is 0 Å². The van der Waals surface area contributed by atoms with Crippen molar-refractivity contribution in [3.8, 4) is 0 Å². The van der Waals surface area contributed by atoms with Crippen LogP contribution in [0.4, 0.5) is 4.39 Å². The summed E-state index contributed by atoms with van der Waals surface area (Å²) in [5, 5.41) is 0. The smallest absolute Gasteiger partial charge is 0.128 e. The highest BCUT2D eigenvalue weighted by atomic mass is 19.1. The van der Waals surface area contributed by atoms with Crippen LogP contribution in [0.5, 0.6) is 0 Å². The molecule has 0 saturated heterocycles. The Balaban J connectivity index is 3.31. The SMILES string of the molecule is CC(C)C(N)(c1ccccc1F)C(C)N(C)C. The third kappa shape index (κ3) is 2.50. The van der Waals surface area contributed by atoms with Crippen molar-refractivity contribution in [3.63, 3.8) is 0 Å². The molecule has 0 heterocycles. The standard InChI is InChI=1S/C14H23FN2/c1-10(2)14(16,11(3)17(4)5)12-8-6-7-9-13(12)15/h6-11H,16H2,1-5H3. The molecule has 0 bridgehead atoms. The lowest BCUT2D eigenvalue weighted by Crippen LogP contribution is -2.56. The van der Waals surface area contributed by atoms with Crippen LogP contribution in [0.2, 0.25) is 0 Å². The van der Waals surface area contributed by atoms with E-state index in [4.69, 9.17) is 5.73 Å². The first-order chi connectivity index (χ1) is 7.81. The number of benzene rings is 1. The van der Waals surface area contributed by atoms with Crippen LogP contribution in [0.25, 0.3) is 0 Å². The van der Waals surface area contributed by atoms with Crippen LogP contribution in [0.3, 0.4) is 0 Å². The van der Waals surface area contributed by atoms with Gasteiger partial charge in [-0.25, -0.2) is 4.39 Å². The van der Waals surface area contributed by atoms with Gasteiger partial charge in [-0.05, 0) is 33.0 Å². The van der Waals surface area contributed by atoms with Crippen molar-refractivity contribution in [3.05, 3.63) is 35.6 Å². The molecule has 0 fully saturated rings. The van der Waals surface area contributed by atoms with Crippen molar-refractivity contribution >= 4 is 0 Å². The van der Waals surface area contributed by atoms with Crippen molar-refractivity contribution in [1.82, 2.24) is 4.90 Å². The maximum atomic E-state index is 14.0. The fourth-order valence-electron chi connectivity index (χ4n) is 2.26. The molecule has 2 N–H and O–H groups in total. The Hall–Kier alpha value is -0.930. The fourth-order valence-corrected chi connectivity index (χ4v) is 2.26. The molecular weight excluding hydrogens is 215 g/mol. The minimum absolute atomic E-state index is 0.0550. The molecule has 2 nitrogen and oxygen atoms in total. The predicted molar refractivity (Wildman–Crippen MR) is 70.3 cm³/mol. The first-order valence-corrected chi connectivity index (χ1v) is 6.02. The highest BCUT2D eigenvalue weighted by Crippen LogP contribution is 2.33. The largest absolute Gasteiger partial charge is 0.320 e. The zero-order chi connectivity index (χ0) is 13.2. The molecule has 0 aromatic heterocycles. The van der Waals surface area contributed by atoms with Crippen LogP contribution >= 0.6 is 0 Å². The van der Waals surface area contributed by atoms with Crippen LogP contribution in [-0.4, -0.2) is 25.0 Å². The van der Waals surface area contributed by atoms with Gasteiger partial charge in [0, 0.05) is 11.6 Å². The molecule has 0 aliphatic heterocycles. The Kier molecular flexibility index (Phi) is 4.28. The Morgan fingerprint density at radius 1 is 1.18 bits per heavy atom. The molecule has 0 spiro atoms. The van der Waals surface area contributed by atoms with Crippen molar-refractivity contribution in [1.29, 1.82) is 0 Å². The normalized spacial score (nSPS) is 17.2. The average Bonchev–Trinajstić information content (AvgIpc) is 2.27. The summed E-state index contributed by atoms with van der Waals surface area (Å²) < 4.78 is 14.0. The van der Waals surface area contributed by atoms with E-state index in [9.17, 15) is 4.39 Å². The van der Waals surface area contributed by atoms with E-state index in [0.29, 0.717) is 5.56 Å². The summed E-state index contributed by atoms with van der Waals surface area (Å²) >= 11 is 0. The fraction of sp³-hybridized carbons (Fsp3) is 0.571. The topological polar surface area (TPSA) is 29.3 Å². The van der Waals surface area contributed by atoms with Crippen LogP contribution < -0.4 is 5.73 Å². The quantitative estimate of drug-likeness (QED) is 0.873. The minimum Gasteiger partial charge on any atom is -0.320 e. The van der Waals surface area contributed by atoms with Crippen molar-refractivity contribution in [2.45, 2.75) is 32.4 Å². The van der Waals surface area contributed by atoms with E-state index in [1.807, 2.05) is 45.8 Å². The lowest BCUT2D eigenvalue weighted by molar-refractivity contribution is 0.142. The number of nitrogens with zero attached hydrogens (tertiary/aromatic N) is 1. The third-order valence-corrected chi connectivity index (χ3v) is 3.76. The molecule has 0 aliphatic carbocycles. The van der Waals surface area contributed by atoms with E-state index in [1.54, 1.807) is 12.1 Å². The molecule has 0 amide bonds. The second kappa shape index (κ2) is 5.15. The van der Waals surface area contributed by atoms with Gasteiger partial charge in [-0.15, -0.1) is 0 Å². The summed E-state index contributed by atoms with van der Waals surface area (Å²) in [5.41, 5.74) is 6.43. The minimum atomic E-state index is -0.686. The summed E-state index contributed by atoms with van der Waals surface area (Å²) in [7, 11) is 3.94. The molecule has 2 atom stereocenters. The van der Waals surface area contributed by atoms with Gasteiger partial charge in [0.25, 0.3) is 0 Å². The highest BCUT2D eigenvalue weighted by molar-refractivity contribution is 5.28. The van der Waals surface area contributed by atoms with Crippen LogP contribution in [0.1, 0.15) is 26.3 Å². The molecule has 1 rings (SSSR count). The molecular formula is C14H23FN2. The molecule has 2 unspecified atom stereocenters. The lowest BCUT2D eigenvalue weighted by atomic mass is 9.75. The number of rotatable bonds is 4. The Bertz CT molecular complexity index is 376. The van der Waals surface area contributed by atoms with Crippen molar-refractivity contribution in [2.75, 3.05) is 14.1 Å². The lowest BCUT2D eigenvalue weighted by Gasteiger charge is -2.43. The molecule has 1 aromatic carbocycles. The molecule has 0 radical (unpaired) electrons. The third-order valence-electron chi connectivity index (χ3n) is 3.76. The number of nitrogens with two attached hydrogens (primary N) is 1. The van der Waals surface area contributed by atoms with Gasteiger partial charge in [0.05, 0.1) is 5.54 Å². The second-order valence-corrected chi connectivity index (χ2v) is 5.21. The van der Waals surface area contributed by atoms with Gasteiger partial charge in [-0.2, -0.15) is 0 Å². The predicted octanol–water partition coefficient (Wildman–Crippen LogP) is 2.59. The molecule has 1 aromatic rings. The summed E-state index contributed by atoms with van der Waals surface area (Å²) in [6, 6.07) is 6.85. The molecule has 3 heteroatoms. The zero-order valence-corrected chi connectivity index (χ0v) is 11.4. The van der Waals surface area contributed by atoms with Crippen LogP contribution in [0.15, 0.2) is 24.3 Å². The first-order valence-electron chi connectivity index (χ1n) is 6.02. The summed E-state index contributed by atoms with van der Waals surface area (Å²) in [6.07, 6.45) is 0. The van der Waals surface area contributed by atoms with Crippen molar-refractivity contribution in [2.24, 2.45) is 11.7 Å². The monoisotopic (exact) mass is 238 g/mol. The number of hydrogen-bond donors (Lipinski definition) is 1. The van der Waals surface area contributed by atoms with E-state index >= 15 is 0 Å². The van der Waals surface area contributed by atoms with E-state index in [2.05, 4.69) is 0 Å². The van der Waals surface area contributed by atoms with Crippen LogP contribution in [-0.2, 0) is 5.54 Å². The Morgan fingerprint density at radius 2 is 1.71 bits per heavy atom. The maximum Gasteiger partial charge on any atom is 0.128 e. The van der Waals surface area contributed by atoms with Gasteiger partial charge < -0.3 is 10.6 Å². The number of hydrogen-bond acceptors (Lipinski definition) is 2. The van der Waals surface area contributed by atoms with E-state index in [1.165, 1.54) is 6.07 Å². The number of halogens is 1. The Morgan fingerprint density at radius 3 is 2.12 bits per heavy atom. The van der Waals surface area contributed by atoms with E-state index < -0.39 is 5.54 Å².